The van der Waals surface area contributed by atoms with E-state index in [9.17, 15) is 9.59 Å². The van der Waals surface area contributed by atoms with Crippen LogP contribution in [-0.4, -0.2) is 23.4 Å². The highest BCUT2D eigenvalue weighted by atomic mass is 16.5. The van der Waals surface area contributed by atoms with E-state index in [1.165, 1.54) is 5.56 Å². The number of ether oxygens (including phenoxy) is 2. The van der Waals surface area contributed by atoms with Crippen molar-refractivity contribution in [1.82, 2.24) is 4.98 Å². The fraction of sp³-hybridized carbons (Fsp3) is 0.333. The molecule has 2 amide bonds. The first-order valence-electron chi connectivity index (χ1n) is 12.9. The molecular formula is C30H32N4O4. The van der Waals surface area contributed by atoms with Gasteiger partial charge >= 0.3 is 0 Å². The zero-order valence-corrected chi connectivity index (χ0v) is 21.9. The number of rotatable bonds is 4. The summed E-state index contributed by atoms with van der Waals surface area (Å²) in [4.78, 5) is 26.6. The first kappa shape index (κ1) is 26.7. The maximum atomic E-state index is 11.5. The van der Waals surface area contributed by atoms with E-state index in [1.54, 1.807) is 24.4 Å². The Morgan fingerprint density at radius 2 is 1.97 bits per heavy atom. The molecule has 0 spiro atoms. The Labute approximate surface area is 222 Å². The molecule has 3 heterocycles. The van der Waals surface area contributed by atoms with Crippen LogP contribution in [-0.2, 0) is 16.6 Å². The monoisotopic (exact) mass is 512 g/mol. The van der Waals surface area contributed by atoms with E-state index in [1.807, 2.05) is 44.2 Å². The van der Waals surface area contributed by atoms with Crippen molar-refractivity contribution in [3.8, 4) is 23.3 Å². The van der Waals surface area contributed by atoms with Crippen molar-refractivity contribution in [2.45, 2.75) is 57.8 Å². The van der Waals surface area contributed by atoms with Gasteiger partial charge in [-0.15, -0.1) is 0 Å². The average Bonchev–Trinajstić information content (AvgIpc) is 3.67. The molecule has 1 aliphatic carbocycles. The minimum atomic E-state index is -0.444. The lowest BCUT2D eigenvalue weighted by molar-refractivity contribution is -0.116. The van der Waals surface area contributed by atoms with Gasteiger partial charge < -0.3 is 20.5 Å². The largest absolute Gasteiger partial charge is 0.493 e. The van der Waals surface area contributed by atoms with Gasteiger partial charge in [-0.3, -0.25) is 9.59 Å². The van der Waals surface area contributed by atoms with Crippen molar-refractivity contribution in [3.05, 3.63) is 77.0 Å². The normalized spacial score (nSPS) is 17.4. The SMILES string of the molecule is CC.CC1COc2ccc(Oc3ccnc4c3CCC(=O)N4)cc21.N#CC1(c2cccc(C(N)=O)c2)CC1. The second-order valence-corrected chi connectivity index (χ2v) is 9.34. The van der Waals surface area contributed by atoms with Crippen LogP contribution in [0.2, 0.25) is 0 Å². The fourth-order valence-electron chi connectivity index (χ4n) is 4.45. The van der Waals surface area contributed by atoms with Gasteiger partial charge in [-0.05, 0) is 61.2 Å². The van der Waals surface area contributed by atoms with Crippen molar-refractivity contribution in [1.29, 1.82) is 5.26 Å². The average molecular weight is 513 g/mol. The van der Waals surface area contributed by atoms with Gasteiger partial charge in [-0.2, -0.15) is 5.26 Å². The number of hydrogen-bond acceptors (Lipinski definition) is 6. The van der Waals surface area contributed by atoms with Crippen molar-refractivity contribution >= 4 is 17.6 Å². The molecular weight excluding hydrogens is 480 g/mol. The molecule has 3 N–H and O–H groups in total. The lowest BCUT2D eigenvalue weighted by atomic mass is 9.96. The summed E-state index contributed by atoms with van der Waals surface area (Å²) in [7, 11) is 0. The van der Waals surface area contributed by atoms with Gasteiger partial charge in [0.2, 0.25) is 11.8 Å². The Morgan fingerprint density at radius 1 is 1.18 bits per heavy atom. The molecule has 0 radical (unpaired) electrons. The van der Waals surface area contributed by atoms with Crippen LogP contribution < -0.4 is 20.5 Å². The van der Waals surface area contributed by atoms with E-state index in [0.29, 0.717) is 30.1 Å². The number of anilines is 1. The zero-order chi connectivity index (χ0) is 27.3. The van der Waals surface area contributed by atoms with Crippen LogP contribution in [0.4, 0.5) is 5.82 Å². The molecule has 3 aromatic rings. The summed E-state index contributed by atoms with van der Waals surface area (Å²) in [5.41, 5.74) is 8.34. The maximum Gasteiger partial charge on any atom is 0.248 e. The lowest BCUT2D eigenvalue weighted by Gasteiger charge is -2.19. The lowest BCUT2D eigenvalue weighted by Crippen LogP contribution is -2.20. The van der Waals surface area contributed by atoms with Gasteiger partial charge in [0, 0.05) is 35.2 Å². The topological polar surface area (TPSA) is 127 Å². The van der Waals surface area contributed by atoms with E-state index in [4.69, 9.17) is 20.5 Å². The highest BCUT2D eigenvalue weighted by Gasteiger charge is 2.44. The van der Waals surface area contributed by atoms with Crippen LogP contribution in [0.25, 0.3) is 0 Å². The van der Waals surface area contributed by atoms with Crippen LogP contribution in [0.5, 0.6) is 17.2 Å². The smallest absolute Gasteiger partial charge is 0.248 e. The molecule has 2 aromatic carbocycles. The highest BCUT2D eigenvalue weighted by Crippen LogP contribution is 2.47. The Bertz CT molecular complexity index is 1390. The quantitative estimate of drug-likeness (QED) is 0.467. The first-order valence-corrected chi connectivity index (χ1v) is 12.9. The molecule has 196 valence electrons. The Morgan fingerprint density at radius 3 is 2.68 bits per heavy atom. The molecule has 6 rings (SSSR count). The summed E-state index contributed by atoms with van der Waals surface area (Å²) in [6.45, 7) is 6.86. The van der Waals surface area contributed by atoms with Crippen molar-refractivity contribution < 1.29 is 19.1 Å². The molecule has 1 unspecified atom stereocenters. The van der Waals surface area contributed by atoms with Gasteiger partial charge in [-0.1, -0.05) is 32.9 Å². The molecule has 1 aromatic heterocycles. The molecule has 2 aliphatic heterocycles. The summed E-state index contributed by atoms with van der Waals surface area (Å²) in [6.07, 6.45) is 4.52. The predicted octanol–water partition coefficient (Wildman–Crippen LogP) is 5.62. The summed E-state index contributed by atoms with van der Waals surface area (Å²) in [6, 6.07) is 17.0. The molecule has 8 nitrogen and oxygen atoms in total. The molecule has 1 atom stereocenters. The molecule has 0 bridgehead atoms. The Hall–Kier alpha value is -4.38. The minimum Gasteiger partial charge on any atom is -0.493 e. The number of nitrogens with two attached hydrogens (primary N) is 1. The minimum absolute atomic E-state index is 0.000606. The second kappa shape index (κ2) is 11.3. The third kappa shape index (κ3) is 5.62. The first-order chi connectivity index (χ1) is 18.4. The van der Waals surface area contributed by atoms with Gasteiger partial charge in [0.1, 0.15) is 23.1 Å². The molecule has 0 saturated heterocycles. The van der Waals surface area contributed by atoms with Crippen molar-refractivity contribution in [2.75, 3.05) is 11.9 Å². The Balaban J connectivity index is 0.000000182. The summed E-state index contributed by atoms with van der Waals surface area (Å²) in [5.74, 6) is 3.00. The number of carbonyl (C=O) groups is 2. The van der Waals surface area contributed by atoms with Crippen LogP contribution in [0.1, 0.15) is 73.0 Å². The van der Waals surface area contributed by atoms with E-state index in [0.717, 1.165) is 47.8 Å². The molecule has 3 aliphatic rings. The second-order valence-electron chi connectivity index (χ2n) is 9.34. The number of hydrogen-bond donors (Lipinski definition) is 2. The van der Waals surface area contributed by atoms with E-state index in [-0.39, 0.29) is 11.3 Å². The highest BCUT2D eigenvalue weighted by molar-refractivity contribution is 5.93. The van der Waals surface area contributed by atoms with Crippen LogP contribution in [0.15, 0.2) is 54.7 Å². The van der Waals surface area contributed by atoms with Crippen LogP contribution in [0.3, 0.4) is 0 Å². The molecule has 1 fully saturated rings. The number of benzene rings is 2. The Kier molecular flexibility index (Phi) is 7.96. The number of pyridine rings is 1. The van der Waals surface area contributed by atoms with Gasteiger partial charge in [0.05, 0.1) is 18.1 Å². The van der Waals surface area contributed by atoms with Crippen molar-refractivity contribution in [2.24, 2.45) is 5.73 Å². The number of primary amides is 1. The van der Waals surface area contributed by atoms with E-state index in [2.05, 4.69) is 23.3 Å². The number of fused-ring (bicyclic) bond motifs is 2. The molecule has 1 saturated carbocycles. The van der Waals surface area contributed by atoms with Crippen LogP contribution >= 0.6 is 0 Å². The van der Waals surface area contributed by atoms with Crippen LogP contribution in [0, 0.1) is 11.3 Å². The van der Waals surface area contributed by atoms with Crippen molar-refractivity contribution in [3.63, 3.8) is 0 Å². The maximum absolute atomic E-state index is 11.5. The molecule has 8 heteroatoms. The van der Waals surface area contributed by atoms with Gasteiger partial charge in [-0.25, -0.2) is 4.98 Å². The number of nitrogens with zero attached hydrogens (tertiary/aromatic N) is 2. The third-order valence-electron chi connectivity index (χ3n) is 6.77. The number of amides is 2. The molecule has 38 heavy (non-hydrogen) atoms. The standard InChI is InChI=1S/C17H16N2O3.C11H10N2O.C2H6/c1-10-9-21-14-4-2-11(8-13(10)14)22-15-6-7-18-17-12(15)3-5-16(20)19-17;12-7-11(4-5-11)9-3-1-2-8(6-9)10(13)14;1-2/h2,4,6-8,10H,3,5,9H2,1H3,(H,18,19,20);1-3,6H,4-5H2,(H2,13,14);1-2H3. The number of carbonyl (C=O) groups excluding carboxylic acids is 2. The summed E-state index contributed by atoms with van der Waals surface area (Å²) in [5, 5.41) is 11.8. The van der Waals surface area contributed by atoms with E-state index < -0.39 is 5.91 Å². The van der Waals surface area contributed by atoms with Gasteiger partial charge in [0.15, 0.2) is 0 Å². The summed E-state index contributed by atoms with van der Waals surface area (Å²) >= 11 is 0. The summed E-state index contributed by atoms with van der Waals surface area (Å²) < 4.78 is 11.6. The fourth-order valence-corrected chi connectivity index (χ4v) is 4.45. The number of nitrogens with one attached hydrogen (secondary N) is 1. The van der Waals surface area contributed by atoms with Gasteiger partial charge in [0.25, 0.3) is 0 Å². The third-order valence-corrected chi connectivity index (χ3v) is 6.77. The predicted molar refractivity (Wildman–Crippen MR) is 144 cm³/mol. The number of aromatic nitrogens is 1. The number of nitriles is 1. The van der Waals surface area contributed by atoms with E-state index >= 15 is 0 Å². The zero-order valence-electron chi connectivity index (χ0n) is 21.9.